The van der Waals surface area contributed by atoms with Gasteiger partial charge in [-0.05, 0) is 49.7 Å². The van der Waals surface area contributed by atoms with Gasteiger partial charge in [-0.3, -0.25) is 9.69 Å². The van der Waals surface area contributed by atoms with Crippen LogP contribution in [-0.4, -0.2) is 42.1 Å². The Balaban J connectivity index is 0.00000192. The van der Waals surface area contributed by atoms with Crippen LogP contribution in [-0.2, 0) is 4.79 Å². The van der Waals surface area contributed by atoms with Gasteiger partial charge in [0.15, 0.2) is 0 Å². The topological polar surface area (TPSA) is 35.6 Å². The van der Waals surface area contributed by atoms with Crippen molar-refractivity contribution in [1.82, 2.24) is 10.2 Å². The third-order valence-corrected chi connectivity index (χ3v) is 8.04. The predicted octanol–water partition coefficient (Wildman–Crippen LogP) is 4.20. The van der Waals surface area contributed by atoms with Gasteiger partial charge in [-0.15, -0.1) is 12.4 Å². The summed E-state index contributed by atoms with van der Waals surface area (Å²) in [5, 5.41) is 3.14. The van der Waals surface area contributed by atoms with E-state index >= 15 is 0 Å². The fourth-order valence-corrected chi connectivity index (χ4v) is 6.62. The molecule has 2 heterocycles. The van der Waals surface area contributed by atoms with Crippen molar-refractivity contribution in [2.24, 2.45) is 11.8 Å². The van der Waals surface area contributed by atoms with Crippen LogP contribution in [0.5, 0.6) is 0 Å². The summed E-state index contributed by atoms with van der Waals surface area (Å²) in [5.74, 6) is 2.14. The molecular formula is C23H34ClN3O. The van der Waals surface area contributed by atoms with E-state index in [9.17, 15) is 4.79 Å². The second-order valence-electron chi connectivity index (χ2n) is 9.20. The third kappa shape index (κ3) is 3.33. The zero-order valence-corrected chi connectivity index (χ0v) is 17.6. The van der Waals surface area contributed by atoms with Gasteiger partial charge in [-0.25, -0.2) is 0 Å². The molecule has 1 spiro atoms. The highest BCUT2D eigenvalue weighted by Gasteiger charge is 2.51. The minimum absolute atomic E-state index is 0. The number of likely N-dealkylation sites (tertiary alicyclic amines) is 1. The van der Waals surface area contributed by atoms with Gasteiger partial charge < -0.3 is 10.2 Å². The molecule has 154 valence electrons. The Kier molecular flexibility index (Phi) is 5.89. The average Bonchev–Trinajstić information content (AvgIpc) is 3.05. The molecule has 4 fully saturated rings. The minimum Gasteiger partial charge on any atom is -0.339 e. The molecule has 4 aliphatic rings. The van der Waals surface area contributed by atoms with Crippen molar-refractivity contribution in [3.63, 3.8) is 0 Å². The van der Waals surface area contributed by atoms with Crippen LogP contribution in [0.4, 0.5) is 5.69 Å². The quantitative estimate of drug-likeness (QED) is 0.803. The molecule has 5 heteroatoms. The summed E-state index contributed by atoms with van der Waals surface area (Å²) < 4.78 is 0. The fourth-order valence-electron chi connectivity index (χ4n) is 6.62. The largest absolute Gasteiger partial charge is 0.339 e. The number of anilines is 1. The maximum absolute atomic E-state index is 12.9. The van der Waals surface area contributed by atoms with Crippen molar-refractivity contribution in [2.75, 3.05) is 24.7 Å². The number of nitrogens with zero attached hydrogens (tertiary/aromatic N) is 2. The smallest absolute Gasteiger partial charge is 0.247 e. The van der Waals surface area contributed by atoms with E-state index in [0.717, 1.165) is 43.8 Å². The molecule has 2 aliphatic heterocycles. The van der Waals surface area contributed by atoms with Crippen molar-refractivity contribution < 1.29 is 4.79 Å². The third-order valence-electron chi connectivity index (χ3n) is 8.04. The number of hydrogen-bond donors (Lipinski definition) is 1. The maximum Gasteiger partial charge on any atom is 0.247 e. The molecule has 0 aromatic heterocycles. The lowest BCUT2D eigenvalue weighted by atomic mass is 9.67. The van der Waals surface area contributed by atoms with E-state index in [4.69, 9.17) is 0 Å². The number of halogens is 1. The van der Waals surface area contributed by atoms with E-state index in [1.54, 1.807) is 0 Å². The molecule has 1 aromatic carbocycles. The normalized spacial score (nSPS) is 32.5. The molecule has 0 bridgehead atoms. The van der Waals surface area contributed by atoms with Crippen LogP contribution in [0.3, 0.4) is 0 Å². The van der Waals surface area contributed by atoms with Gasteiger partial charge in [0.1, 0.15) is 5.54 Å². The molecule has 1 N–H and O–H groups in total. The highest BCUT2D eigenvalue weighted by Crippen LogP contribution is 2.44. The number of rotatable bonds is 2. The lowest BCUT2D eigenvalue weighted by Gasteiger charge is -2.50. The van der Waals surface area contributed by atoms with E-state index in [0.29, 0.717) is 6.67 Å². The first kappa shape index (κ1) is 20.0. The molecular weight excluding hydrogens is 370 g/mol. The molecule has 2 saturated heterocycles. The standard InChI is InChI=1S/C23H33N3O.ClH/c27-22-23(26(17-24-22)19-9-2-1-3-10-19)13-15-25(16-14-23)21-12-6-8-18-7-4-5-11-20(18)21;/h1-3,9-10,18,20-21H,4-8,11-17H2,(H,24,27);1H. The van der Waals surface area contributed by atoms with Crippen molar-refractivity contribution >= 4 is 24.0 Å². The fraction of sp³-hybridized carbons (Fsp3) is 0.696. The second kappa shape index (κ2) is 8.23. The van der Waals surface area contributed by atoms with Gasteiger partial charge in [0.05, 0.1) is 6.67 Å². The van der Waals surface area contributed by atoms with E-state index < -0.39 is 0 Å². The molecule has 3 atom stereocenters. The first-order chi connectivity index (χ1) is 13.3. The van der Waals surface area contributed by atoms with Crippen molar-refractivity contribution in [3.05, 3.63) is 30.3 Å². The lowest BCUT2D eigenvalue weighted by molar-refractivity contribution is -0.125. The van der Waals surface area contributed by atoms with Gasteiger partial charge in [0.2, 0.25) is 5.91 Å². The van der Waals surface area contributed by atoms with Crippen LogP contribution >= 0.6 is 12.4 Å². The van der Waals surface area contributed by atoms with Crippen molar-refractivity contribution in [1.29, 1.82) is 0 Å². The first-order valence-corrected chi connectivity index (χ1v) is 11.1. The Labute approximate surface area is 175 Å². The second-order valence-corrected chi connectivity index (χ2v) is 9.20. The summed E-state index contributed by atoms with van der Waals surface area (Å²) in [6.07, 6.45) is 11.9. The molecule has 0 radical (unpaired) electrons. The summed E-state index contributed by atoms with van der Waals surface area (Å²) in [6, 6.07) is 11.3. The highest BCUT2D eigenvalue weighted by molar-refractivity contribution is 5.93. The Morgan fingerprint density at radius 1 is 0.929 bits per heavy atom. The zero-order chi connectivity index (χ0) is 18.3. The Morgan fingerprint density at radius 3 is 2.43 bits per heavy atom. The number of piperidine rings is 1. The summed E-state index contributed by atoms with van der Waals surface area (Å²) in [6.45, 7) is 2.80. The van der Waals surface area contributed by atoms with E-state index in [2.05, 4.69) is 39.4 Å². The monoisotopic (exact) mass is 403 g/mol. The molecule has 2 aliphatic carbocycles. The molecule has 1 amide bonds. The van der Waals surface area contributed by atoms with Crippen LogP contribution in [0.15, 0.2) is 30.3 Å². The maximum atomic E-state index is 12.9. The SMILES string of the molecule is Cl.O=C1NCN(c2ccccc2)C12CCN(C1CCCC3CCCCC31)CC2. The number of fused-ring (bicyclic) bond motifs is 1. The summed E-state index contributed by atoms with van der Waals surface area (Å²) >= 11 is 0. The summed E-state index contributed by atoms with van der Waals surface area (Å²) in [5.41, 5.74) is 0.840. The number of hydrogen-bond acceptors (Lipinski definition) is 3. The van der Waals surface area contributed by atoms with Gasteiger partial charge in [-0.2, -0.15) is 0 Å². The molecule has 4 nitrogen and oxygen atoms in total. The van der Waals surface area contributed by atoms with Gasteiger partial charge in [0.25, 0.3) is 0 Å². The number of carbonyl (C=O) groups is 1. The number of carbonyl (C=O) groups excluding carboxylic acids is 1. The summed E-state index contributed by atoms with van der Waals surface area (Å²) in [7, 11) is 0. The number of nitrogens with one attached hydrogen (secondary N) is 1. The van der Waals surface area contributed by atoms with Gasteiger partial charge in [-0.1, -0.05) is 50.3 Å². The van der Waals surface area contributed by atoms with Crippen LogP contribution in [0.2, 0.25) is 0 Å². The Bertz CT molecular complexity index is 672. The van der Waals surface area contributed by atoms with Crippen molar-refractivity contribution in [3.8, 4) is 0 Å². The van der Waals surface area contributed by atoms with Crippen LogP contribution in [0.1, 0.15) is 57.8 Å². The predicted molar refractivity (Wildman–Crippen MR) is 116 cm³/mol. The number of para-hydroxylation sites is 1. The molecule has 28 heavy (non-hydrogen) atoms. The molecule has 1 aromatic rings. The summed E-state index contributed by atoms with van der Waals surface area (Å²) in [4.78, 5) is 18.0. The highest BCUT2D eigenvalue weighted by atomic mass is 35.5. The van der Waals surface area contributed by atoms with Crippen LogP contribution in [0, 0.1) is 11.8 Å². The zero-order valence-electron chi connectivity index (χ0n) is 16.8. The number of amides is 1. The number of benzene rings is 1. The van der Waals surface area contributed by atoms with E-state index in [-0.39, 0.29) is 23.9 Å². The van der Waals surface area contributed by atoms with Gasteiger partial charge in [0, 0.05) is 24.8 Å². The first-order valence-electron chi connectivity index (χ1n) is 11.1. The van der Waals surface area contributed by atoms with Crippen LogP contribution < -0.4 is 10.2 Å². The van der Waals surface area contributed by atoms with E-state index in [1.807, 2.05) is 6.07 Å². The Morgan fingerprint density at radius 2 is 1.64 bits per heavy atom. The van der Waals surface area contributed by atoms with Crippen LogP contribution in [0.25, 0.3) is 0 Å². The molecule has 5 rings (SSSR count). The van der Waals surface area contributed by atoms with Gasteiger partial charge >= 0.3 is 0 Å². The molecule has 2 saturated carbocycles. The molecule has 3 unspecified atom stereocenters. The van der Waals surface area contributed by atoms with E-state index in [1.165, 1.54) is 50.6 Å². The average molecular weight is 404 g/mol. The van der Waals surface area contributed by atoms with Crippen molar-refractivity contribution in [2.45, 2.75) is 69.4 Å². The lowest BCUT2D eigenvalue weighted by Crippen LogP contribution is -2.59. The Hall–Kier alpha value is -1.26. The minimum atomic E-state index is -0.335.